The molecule has 0 amide bonds. The van der Waals surface area contributed by atoms with E-state index in [1.807, 2.05) is 0 Å². The van der Waals surface area contributed by atoms with Gasteiger partial charge in [0.2, 0.25) is 0 Å². The highest BCUT2D eigenvalue weighted by molar-refractivity contribution is 7.97. The minimum absolute atomic E-state index is 0.0507. The molecular weight excluding hydrogens is 441 g/mol. The molecule has 1 fully saturated rings. The van der Waals surface area contributed by atoms with Crippen LogP contribution in [0.1, 0.15) is 73.1 Å². The molecule has 0 spiro atoms. The minimum atomic E-state index is -2.04. The van der Waals surface area contributed by atoms with Gasteiger partial charge in [0, 0.05) is 6.04 Å². The standard InChI is InChI=1S/C33H45NP/c1-27(26-28-18-10-6-11-19-28)34-32(2,3)33(4,5)35(29-20-12-7-13-21-29,30-22-14-8-15-23-30)31-24-16-9-17-25-31/h7-9,12-17,20-25,27-28,34H,6,10-11,18-19,26H2,1-5H3/q+1. The van der Waals surface area contributed by atoms with Crippen molar-refractivity contribution < 1.29 is 0 Å². The van der Waals surface area contributed by atoms with Gasteiger partial charge in [-0.3, -0.25) is 0 Å². The third-order valence-corrected chi connectivity index (χ3v) is 14.3. The zero-order valence-electron chi connectivity index (χ0n) is 22.5. The first-order chi connectivity index (χ1) is 16.8. The maximum atomic E-state index is 4.19. The van der Waals surface area contributed by atoms with Crippen molar-refractivity contribution in [3.8, 4) is 0 Å². The molecule has 4 rings (SSSR count). The summed E-state index contributed by atoms with van der Waals surface area (Å²) in [6.07, 6.45) is 8.35. The summed E-state index contributed by atoms with van der Waals surface area (Å²) >= 11 is 0. The predicted octanol–water partition coefficient (Wildman–Crippen LogP) is 7.49. The van der Waals surface area contributed by atoms with Crippen LogP contribution in [-0.4, -0.2) is 16.7 Å². The van der Waals surface area contributed by atoms with E-state index in [0.29, 0.717) is 6.04 Å². The van der Waals surface area contributed by atoms with Crippen LogP contribution in [0.2, 0.25) is 0 Å². The van der Waals surface area contributed by atoms with Crippen LogP contribution in [0.5, 0.6) is 0 Å². The van der Waals surface area contributed by atoms with Crippen molar-refractivity contribution in [1.82, 2.24) is 5.32 Å². The highest BCUT2D eigenvalue weighted by atomic mass is 31.2. The first-order valence-electron chi connectivity index (χ1n) is 13.6. The molecule has 0 aliphatic heterocycles. The summed E-state index contributed by atoms with van der Waals surface area (Å²) in [5, 5.41) is 8.50. The number of hydrogen-bond donors (Lipinski definition) is 1. The summed E-state index contributed by atoms with van der Waals surface area (Å²) in [6, 6.07) is 34.5. The molecule has 1 unspecified atom stereocenters. The van der Waals surface area contributed by atoms with Crippen molar-refractivity contribution in [1.29, 1.82) is 0 Å². The second kappa shape index (κ2) is 11.0. The van der Waals surface area contributed by atoms with E-state index in [1.165, 1.54) is 54.4 Å². The monoisotopic (exact) mass is 486 g/mol. The maximum Gasteiger partial charge on any atom is 0.119 e. The van der Waals surface area contributed by atoms with Gasteiger partial charge in [-0.15, -0.1) is 0 Å². The van der Waals surface area contributed by atoms with Crippen molar-refractivity contribution in [2.75, 3.05) is 0 Å². The Labute approximate surface area is 215 Å². The van der Waals surface area contributed by atoms with Gasteiger partial charge in [0.25, 0.3) is 0 Å². The first-order valence-corrected chi connectivity index (χ1v) is 15.4. The van der Waals surface area contributed by atoms with Crippen molar-refractivity contribution in [2.24, 2.45) is 5.92 Å². The molecule has 1 N–H and O–H groups in total. The van der Waals surface area contributed by atoms with E-state index in [2.05, 4.69) is 131 Å². The van der Waals surface area contributed by atoms with Crippen LogP contribution in [0, 0.1) is 5.92 Å². The summed E-state index contributed by atoms with van der Waals surface area (Å²) in [7, 11) is -2.04. The zero-order chi connectivity index (χ0) is 24.9. The molecule has 1 aliphatic carbocycles. The van der Waals surface area contributed by atoms with Crippen LogP contribution in [0.25, 0.3) is 0 Å². The average molecular weight is 487 g/mol. The van der Waals surface area contributed by atoms with E-state index in [4.69, 9.17) is 0 Å². The minimum Gasteiger partial charge on any atom is -0.305 e. The molecule has 0 heterocycles. The fraction of sp³-hybridized carbons (Fsp3) is 0.455. The summed E-state index contributed by atoms with van der Waals surface area (Å²) in [6.45, 7) is 12.4. The molecule has 1 nitrogen and oxygen atoms in total. The maximum absolute atomic E-state index is 4.19. The Balaban J connectivity index is 1.83. The van der Waals surface area contributed by atoms with Crippen LogP contribution in [-0.2, 0) is 0 Å². The Bertz CT molecular complexity index is 940. The third kappa shape index (κ3) is 5.14. The highest BCUT2D eigenvalue weighted by Crippen LogP contribution is 2.68. The summed E-state index contributed by atoms with van der Waals surface area (Å²) in [5.74, 6) is 0.877. The number of benzene rings is 3. The van der Waals surface area contributed by atoms with E-state index in [0.717, 1.165) is 5.92 Å². The van der Waals surface area contributed by atoms with Crippen molar-refractivity contribution in [3.63, 3.8) is 0 Å². The molecule has 1 saturated carbocycles. The van der Waals surface area contributed by atoms with E-state index in [1.54, 1.807) is 0 Å². The highest BCUT2D eigenvalue weighted by Gasteiger charge is 2.63. The quantitative estimate of drug-likeness (QED) is 0.309. The van der Waals surface area contributed by atoms with Crippen molar-refractivity contribution >= 4 is 23.2 Å². The van der Waals surface area contributed by atoms with Crippen LogP contribution in [0.4, 0.5) is 0 Å². The van der Waals surface area contributed by atoms with Crippen LogP contribution in [0.15, 0.2) is 91.0 Å². The van der Waals surface area contributed by atoms with E-state index in [9.17, 15) is 0 Å². The lowest BCUT2D eigenvalue weighted by Crippen LogP contribution is -2.63. The van der Waals surface area contributed by atoms with Gasteiger partial charge >= 0.3 is 0 Å². The lowest BCUT2D eigenvalue weighted by atomic mass is 9.83. The lowest BCUT2D eigenvalue weighted by Gasteiger charge is -2.50. The van der Waals surface area contributed by atoms with Crippen molar-refractivity contribution in [3.05, 3.63) is 91.0 Å². The average Bonchev–Trinajstić information content (AvgIpc) is 2.86. The van der Waals surface area contributed by atoms with E-state index < -0.39 is 7.26 Å². The summed E-state index contributed by atoms with van der Waals surface area (Å²) in [4.78, 5) is 0. The van der Waals surface area contributed by atoms with Crippen molar-refractivity contribution in [2.45, 2.75) is 89.9 Å². The second-order valence-electron chi connectivity index (χ2n) is 11.6. The predicted molar refractivity (Wildman–Crippen MR) is 157 cm³/mol. The van der Waals surface area contributed by atoms with Gasteiger partial charge in [0.1, 0.15) is 28.3 Å². The van der Waals surface area contributed by atoms with Crippen LogP contribution in [0.3, 0.4) is 0 Å². The molecule has 2 heteroatoms. The third-order valence-electron chi connectivity index (χ3n) is 8.82. The second-order valence-corrected chi connectivity index (χ2v) is 15.7. The first kappa shape index (κ1) is 26.1. The molecular formula is C33H45NP+. The molecule has 3 aromatic carbocycles. The molecule has 0 aromatic heterocycles. The Morgan fingerprint density at radius 2 is 1.09 bits per heavy atom. The number of rotatable bonds is 9. The van der Waals surface area contributed by atoms with Gasteiger partial charge in [0.15, 0.2) is 0 Å². The van der Waals surface area contributed by atoms with E-state index >= 15 is 0 Å². The Hall–Kier alpha value is -1.95. The normalized spacial score (nSPS) is 16.7. The molecule has 3 aromatic rings. The van der Waals surface area contributed by atoms with E-state index in [-0.39, 0.29) is 10.7 Å². The molecule has 1 atom stereocenters. The smallest absolute Gasteiger partial charge is 0.119 e. The molecule has 0 radical (unpaired) electrons. The van der Waals surface area contributed by atoms with Crippen LogP contribution >= 0.6 is 7.26 Å². The lowest BCUT2D eigenvalue weighted by molar-refractivity contribution is 0.239. The van der Waals surface area contributed by atoms with Crippen LogP contribution < -0.4 is 21.2 Å². The molecule has 186 valence electrons. The molecule has 35 heavy (non-hydrogen) atoms. The Morgan fingerprint density at radius 1 is 0.686 bits per heavy atom. The van der Waals surface area contributed by atoms with Gasteiger partial charge < -0.3 is 5.32 Å². The zero-order valence-corrected chi connectivity index (χ0v) is 23.4. The molecule has 0 saturated heterocycles. The number of hydrogen-bond acceptors (Lipinski definition) is 1. The Kier molecular flexibility index (Phi) is 8.19. The largest absolute Gasteiger partial charge is 0.305 e. The van der Waals surface area contributed by atoms with Gasteiger partial charge in [-0.2, -0.15) is 0 Å². The fourth-order valence-corrected chi connectivity index (χ4v) is 12.2. The SMILES string of the molecule is CC(CC1CCCCC1)NC(C)(C)C(C)(C)[P+](c1ccccc1)(c1ccccc1)c1ccccc1. The Morgan fingerprint density at radius 3 is 1.49 bits per heavy atom. The number of nitrogens with one attached hydrogen (secondary N) is 1. The summed E-state index contributed by atoms with van der Waals surface area (Å²) < 4.78 is 0. The summed E-state index contributed by atoms with van der Waals surface area (Å²) in [5.41, 5.74) is -0.0869. The molecule has 0 bridgehead atoms. The van der Waals surface area contributed by atoms with Gasteiger partial charge in [-0.05, 0) is 83.4 Å². The molecule has 1 aliphatic rings. The fourth-order valence-electron chi connectivity index (χ4n) is 6.56. The van der Waals surface area contributed by atoms with Gasteiger partial charge in [0.05, 0.1) is 5.54 Å². The topological polar surface area (TPSA) is 12.0 Å². The van der Waals surface area contributed by atoms with Gasteiger partial charge in [-0.25, -0.2) is 0 Å². The van der Waals surface area contributed by atoms with Gasteiger partial charge in [-0.1, -0.05) is 86.7 Å².